The molecule has 134 valence electrons. The van der Waals surface area contributed by atoms with Crippen molar-refractivity contribution in [3.63, 3.8) is 0 Å². The van der Waals surface area contributed by atoms with E-state index in [4.69, 9.17) is 19.6 Å². The van der Waals surface area contributed by atoms with Gasteiger partial charge in [-0.3, -0.25) is 9.13 Å². The molecule has 0 aromatic carbocycles. The first-order valence-corrected chi connectivity index (χ1v) is 11.3. The number of rotatable bonds is 6. The Balaban J connectivity index is 1.62. The van der Waals surface area contributed by atoms with Gasteiger partial charge in [0.1, 0.15) is 0 Å². The van der Waals surface area contributed by atoms with Gasteiger partial charge >= 0.3 is 15.2 Å². The maximum atomic E-state index is 11.4. The van der Waals surface area contributed by atoms with Crippen LogP contribution in [0.25, 0.3) is 0 Å². The second-order valence-corrected chi connectivity index (χ2v) is 11.5. The molecule has 8 nitrogen and oxygen atoms in total. The molecule has 0 radical (unpaired) electrons. The summed E-state index contributed by atoms with van der Waals surface area (Å²) in [7, 11) is -10.7. The van der Waals surface area contributed by atoms with Crippen LogP contribution in [0.2, 0.25) is 0 Å². The first-order chi connectivity index (χ1) is 10.5. The van der Waals surface area contributed by atoms with E-state index in [1.54, 1.807) is 0 Å². The van der Waals surface area contributed by atoms with Gasteiger partial charge in [0.15, 0.2) is 0 Å². The van der Waals surface area contributed by atoms with Crippen LogP contribution >= 0.6 is 15.2 Å². The SMILES string of the molecule is O=P(O)(O)C(O)(CCNC1C2CC3CC(C2)CC1C3)P(=O)(O)O. The van der Waals surface area contributed by atoms with Crippen LogP contribution in [0.4, 0.5) is 0 Å². The highest BCUT2D eigenvalue weighted by Crippen LogP contribution is 2.68. The highest BCUT2D eigenvalue weighted by atomic mass is 31.2. The van der Waals surface area contributed by atoms with E-state index in [2.05, 4.69) is 5.32 Å². The third-order valence-electron chi connectivity index (χ3n) is 6.00. The van der Waals surface area contributed by atoms with Gasteiger partial charge in [0, 0.05) is 12.5 Å². The van der Waals surface area contributed by atoms with Gasteiger partial charge in [0.2, 0.25) is 0 Å². The van der Waals surface area contributed by atoms with E-state index in [0.717, 1.165) is 37.5 Å². The van der Waals surface area contributed by atoms with E-state index in [9.17, 15) is 14.2 Å². The molecule has 0 saturated heterocycles. The highest BCUT2D eigenvalue weighted by molar-refractivity contribution is 7.72. The molecular formula is C13H25NO7P2. The summed E-state index contributed by atoms with van der Waals surface area (Å²) in [5.41, 5.74) is 0. The fourth-order valence-corrected chi connectivity index (χ4v) is 7.29. The third kappa shape index (κ3) is 3.21. The molecule has 0 atom stereocenters. The van der Waals surface area contributed by atoms with Crippen molar-refractivity contribution < 1.29 is 33.8 Å². The molecular weight excluding hydrogens is 344 g/mol. The Labute approximate surface area is 135 Å². The predicted octanol–water partition coefficient (Wildman–Crippen LogP) is 0.792. The predicted molar refractivity (Wildman–Crippen MR) is 82.5 cm³/mol. The molecule has 0 aliphatic heterocycles. The van der Waals surface area contributed by atoms with Crippen molar-refractivity contribution in [3.8, 4) is 0 Å². The average molecular weight is 369 g/mol. The molecule has 4 rings (SSSR count). The molecule has 4 fully saturated rings. The minimum absolute atomic E-state index is 0.0281. The summed E-state index contributed by atoms with van der Waals surface area (Å²) in [5.74, 6) is 2.64. The van der Waals surface area contributed by atoms with Crippen LogP contribution in [0.15, 0.2) is 0 Å². The summed E-state index contributed by atoms with van der Waals surface area (Å²) in [6, 6.07) is 0.223. The largest absolute Gasteiger partial charge is 0.369 e. The Morgan fingerprint density at radius 1 is 0.870 bits per heavy atom. The Bertz CT molecular complexity index is 507. The van der Waals surface area contributed by atoms with Crippen LogP contribution in [0, 0.1) is 23.7 Å². The summed E-state index contributed by atoms with van der Waals surface area (Å²) in [4.78, 5) is 36.6. The second kappa shape index (κ2) is 5.89. The zero-order valence-corrected chi connectivity index (χ0v) is 14.6. The number of hydrogen-bond acceptors (Lipinski definition) is 4. The Morgan fingerprint density at radius 3 is 1.70 bits per heavy atom. The highest BCUT2D eigenvalue weighted by Gasteiger charge is 2.59. The van der Waals surface area contributed by atoms with Crippen LogP contribution in [0.5, 0.6) is 0 Å². The monoisotopic (exact) mass is 369 g/mol. The molecule has 0 unspecified atom stereocenters. The first kappa shape index (κ1) is 18.0. The minimum atomic E-state index is -5.35. The molecule has 0 spiro atoms. The van der Waals surface area contributed by atoms with Gasteiger partial charge in [-0.1, -0.05) is 0 Å². The zero-order chi connectivity index (χ0) is 17.0. The smallest absolute Gasteiger partial charge is 0.367 e. The topological polar surface area (TPSA) is 147 Å². The molecule has 0 aromatic heterocycles. The summed E-state index contributed by atoms with van der Waals surface area (Å²) in [5, 5.41) is 9.81. The standard InChI is InChI=1S/C13H25NO7P2/c15-13(22(16,17)18,23(19,20)21)1-2-14-12-10-4-8-3-9(6-10)7-11(12)5-8/h8-12,14-15H,1-7H2,(H2,16,17,18)(H2,19,20,21). The van der Waals surface area contributed by atoms with E-state index in [-0.39, 0.29) is 12.6 Å². The van der Waals surface area contributed by atoms with E-state index < -0.39 is 26.7 Å². The third-order valence-corrected chi connectivity index (χ3v) is 9.88. The van der Waals surface area contributed by atoms with Crippen LogP contribution in [-0.4, -0.2) is 42.3 Å². The van der Waals surface area contributed by atoms with E-state index >= 15 is 0 Å². The molecule has 6 N–H and O–H groups in total. The van der Waals surface area contributed by atoms with Crippen molar-refractivity contribution in [2.75, 3.05) is 6.54 Å². The van der Waals surface area contributed by atoms with Gasteiger partial charge < -0.3 is 30.0 Å². The first-order valence-electron chi connectivity index (χ1n) is 8.08. The van der Waals surface area contributed by atoms with Crippen LogP contribution in [0.3, 0.4) is 0 Å². The van der Waals surface area contributed by atoms with Crippen LogP contribution in [-0.2, 0) is 9.13 Å². The lowest BCUT2D eigenvalue weighted by Gasteiger charge is -2.54. The van der Waals surface area contributed by atoms with E-state index in [0.29, 0.717) is 11.8 Å². The van der Waals surface area contributed by atoms with Crippen molar-refractivity contribution >= 4 is 15.2 Å². The van der Waals surface area contributed by atoms with Crippen molar-refractivity contribution in [1.29, 1.82) is 0 Å². The van der Waals surface area contributed by atoms with Crippen molar-refractivity contribution in [1.82, 2.24) is 5.32 Å². The molecule has 4 bridgehead atoms. The summed E-state index contributed by atoms with van der Waals surface area (Å²) in [6.07, 6.45) is 5.27. The van der Waals surface area contributed by atoms with Crippen molar-refractivity contribution in [3.05, 3.63) is 0 Å². The molecule has 0 aromatic rings. The molecule has 4 aliphatic carbocycles. The van der Waals surface area contributed by atoms with E-state index in [1.807, 2.05) is 0 Å². The van der Waals surface area contributed by atoms with Crippen LogP contribution < -0.4 is 5.32 Å². The molecule has 0 amide bonds. The van der Waals surface area contributed by atoms with Crippen LogP contribution in [0.1, 0.15) is 38.5 Å². The lowest BCUT2D eigenvalue weighted by atomic mass is 9.54. The normalized spacial score (nSPS) is 37.3. The number of nitrogens with one attached hydrogen (secondary N) is 1. The maximum absolute atomic E-state index is 11.4. The number of hydrogen-bond donors (Lipinski definition) is 6. The fourth-order valence-electron chi connectivity index (χ4n) is 5.13. The summed E-state index contributed by atoms with van der Waals surface area (Å²) >= 11 is 0. The molecule has 4 aliphatic rings. The lowest BCUT2D eigenvalue weighted by molar-refractivity contribution is -0.0147. The quantitative estimate of drug-likeness (QED) is 0.377. The summed E-state index contributed by atoms with van der Waals surface area (Å²) < 4.78 is 22.7. The van der Waals surface area contributed by atoms with Gasteiger partial charge in [-0.25, -0.2) is 0 Å². The second-order valence-electron chi connectivity index (χ2n) is 7.52. The van der Waals surface area contributed by atoms with Gasteiger partial charge in [0.05, 0.1) is 0 Å². The molecule has 4 saturated carbocycles. The van der Waals surface area contributed by atoms with E-state index in [1.165, 1.54) is 6.42 Å². The Kier molecular flexibility index (Phi) is 4.61. The zero-order valence-electron chi connectivity index (χ0n) is 12.8. The van der Waals surface area contributed by atoms with Crippen molar-refractivity contribution in [2.24, 2.45) is 23.7 Å². The lowest BCUT2D eigenvalue weighted by Crippen LogP contribution is -2.55. The summed E-state index contributed by atoms with van der Waals surface area (Å²) in [6.45, 7) is -0.0281. The van der Waals surface area contributed by atoms with Gasteiger partial charge in [-0.05, 0) is 62.3 Å². The van der Waals surface area contributed by atoms with Gasteiger partial charge in [-0.2, -0.15) is 0 Å². The minimum Gasteiger partial charge on any atom is -0.367 e. The number of aliphatic hydroxyl groups is 1. The molecule has 10 heteroatoms. The van der Waals surface area contributed by atoms with Gasteiger partial charge in [0.25, 0.3) is 5.08 Å². The maximum Gasteiger partial charge on any atom is 0.369 e. The Hall–Kier alpha value is 0.220. The van der Waals surface area contributed by atoms with Gasteiger partial charge in [-0.15, -0.1) is 0 Å². The molecule has 0 heterocycles. The average Bonchev–Trinajstić information content (AvgIpc) is 2.38. The Morgan fingerprint density at radius 2 is 1.30 bits per heavy atom. The molecule has 23 heavy (non-hydrogen) atoms. The fraction of sp³-hybridized carbons (Fsp3) is 1.00. The van der Waals surface area contributed by atoms with Crippen molar-refractivity contribution in [2.45, 2.75) is 49.6 Å².